The van der Waals surface area contributed by atoms with Gasteiger partial charge in [-0.25, -0.2) is 4.99 Å². The van der Waals surface area contributed by atoms with Crippen molar-refractivity contribution in [1.29, 1.82) is 0 Å². The summed E-state index contributed by atoms with van der Waals surface area (Å²) in [5.74, 6) is -0.372. The number of nitrogens with one attached hydrogen (secondary N) is 1. The maximum Gasteiger partial charge on any atom is 0.573 e. The first kappa shape index (κ1) is 26.2. The minimum Gasteiger partial charge on any atom is -0.404 e. The van der Waals surface area contributed by atoms with E-state index in [1.807, 2.05) is 24.3 Å². The van der Waals surface area contributed by atoms with Crippen LogP contribution >= 0.6 is 24.0 Å². The predicted octanol–water partition coefficient (Wildman–Crippen LogP) is 4.74. The fourth-order valence-electron chi connectivity index (χ4n) is 3.56. The van der Waals surface area contributed by atoms with Crippen molar-refractivity contribution in [3.05, 3.63) is 59.7 Å². The molecule has 2 unspecified atom stereocenters. The van der Waals surface area contributed by atoms with Gasteiger partial charge in [0.2, 0.25) is 0 Å². The Morgan fingerprint density at radius 1 is 1.09 bits per heavy atom. The largest absolute Gasteiger partial charge is 0.573 e. The summed E-state index contributed by atoms with van der Waals surface area (Å²) in [5.41, 5.74) is 8.07. The third-order valence-corrected chi connectivity index (χ3v) is 4.73. The van der Waals surface area contributed by atoms with Gasteiger partial charge in [-0.3, -0.25) is 4.90 Å². The van der Waals surface area contributed by atoms with Crippen LogP contribution in [0, 0.1) is 0 Å². The topological polar surface area (TPSA) is 72.1 Å². The number of hydrogen-bond acceptors (Lipinski definition) is 4. The number of guanidine groups is 1. The normalized spacial score (nSPS) is 19.8. The van der Waals surface area contributed by atoms with E-state index < -0.39 is 6.36 Å². The number of alkyl halides is 3. The number of nitrogens with two attached hydrogens (primary N) is 1. The summed E-state index contributed by atoms with van der Waals surface area (Å²) in [6, 6.07) is 13.7. The van der Waals surface area contributed by atoms with Gasteiger partial charge in [0.25, 0.3) is 0 Å². The lowest BCUT2D eigenvalue weighted by Crippen LogP contribution is -2.44. The molecule has 2 aromatic rings. The van der Waals surface area contributed by atoms with Gasteiger partial charge in [0.05, 0.1) is 24.4 Å². The van der Waals surface area contributed by atoms with Gasteiger partial charge in [-0.15, -0.1) is 37.1 Å². The number of benzene rings is 2. The maximum absolute atomic E-state index is 12.5. The van der Waals surface area contributed by atoms with E-state index in [4.69, 9.17) is 10.5 Å². The first-order chi connectivity index (χ1) is 14.7. The lowest BCUT2D eigenvalue weighted by molar-refractivity contribution is -0.274. The Morgan fingerprint density at radius 2 is 1.69 bits per heavy atom. The highest BCUT2D eigenvalue weighted by molar-refractivity contribution is 14.0. The van der Waals surface area contributed by atoms with Crippen LogP contribution in [-0.4, -0.2) is 42.5 Å². The Kier molecular flexibility index (Phi) is 9.59. The van der Waals surface area contributed by atoms with Crippen LogP contribution in [0.1, 0.15) is 25.0 Å². The maximum atomic E-state index is 12.5. The van der Waals surface area contributed by atoms with Crippen LogP contribution in [0.25, 0.3) is 0 Å². The molecule has 1 heterocycles. The monoisotopic (exact) mass is 564 g/mol. The van der Waals surface area contributed by atoms with E-state index in [-0.39, 0.29) is 53.6 Å². The van der Waals surface area contributed by atoms with Crippen molar-refractivity contribution in [1.82, 2.24) is 4.90 Å². The van der Waals surface area contributed by atoms with E-state index in [2.05, 4.69) is 33.8 Å². The first-order valence-electron chi connectivity index (χ1n) is 10.1. The number of rotatable bonds is 6. The summed E-state index contributed by atoms with van der Waals surface area (Å²) in [7, 11) is 0. The molecule has 0 saturated carbocycles. The number of aliphatic imine (C=N–C) groups is 1. The summed E-state index contributed by atoms with van der Waals surface area (Å²) in [6.45, 7) is 7.11. The van der Waals surface area contributed by atoms with Crippen LogP contribution in [0.5, 0.6) is 5.75 Å². The fraction of sp³-hybridized carbons (Fsp3) is 0.409. The molecule has 0 aromatic heterocycles. The van der Waals surface area contributed by atoms with Crippen LogP contribution in [0.3, 0.4) is 0 Å². The van der Waals surface area contributed by atoms with Gasteiger partial charge in [0.15, 0.2) is 11.7 Å². The Labute approximate surface area is 203 Å². The SMILES string of the molecule is CC1CN(Cc2ccc(CN=C(N)Nc3ccccc3OC(F)(F)F)cc2)CC(C)O1.I. The smallest absolute Gasteiger partial charge is 0.404 e. The van der Waals surface area contributed by atoms with Crippen molar-refractivity contribution in [2.24, 2.45) is 10.7 Å². The minimum atomic E-state index is -4.79. The molecule has 32 heavy (non-hydrogen) atoms. The Morgan fingerprint density at radius 3 is 2.31 bits per heavy atom. The number of nitrogens with zero attached hydrogens (tertiary/aromatic N) is 2. The zero-order chi connectivity index (χ0) is 22.4. The Hall–Kier alpha value is -2.05. The molecule has 0 radical (unpaired) electrons. The zero-order valence-corrected chi connectivity index (χ0v) is 20.3. The van der Waals surface area contributed by atoms with Crippen molar-refractivity contribution < 1.29 is 22.6 Å². The third kappa shape index (κ3) is 8.47. The number of morpholine rings is 1. The molecule has 0 aliphatic carbocycles. The van der Waals surface area contributed by atoms with E-state index in [1.54, 1.807) is 6.07 Å². The summed E-state index contributed by atoms with van der Waals surface area (Å²) in [6.07, 6.45) is -4.35. The Bertz CT molecular complexity index is 883. The van der Waals surface area contributed by atoms with Gasteiger partial charge in [-0.2, -0.15) is 0 Å². The predicted molar refractivity (Wildman–Crippen MR) is 129 cm³/mol. The van der Waals surface area contributed by atoms with Gasteiger partial charge >= 0.3 is 6.36 Å². The van der Waals surface area contributed by atoms with Crippen molar-refractivity contribution in [2.45, 2.75) is 45.5 Å². The first-order valence-corrected chi connectivity index (χ1v) is 10.1. The molecular weight excluding hydrogens is 536 g/mol. The molecule has 0 amide bonds. The van der Waals surface area contributed by atoms with E-state index >= 15 is 0 Å². The third-order valence-electron chi connectivity index (χ3n) is 4.73. The number of hydrogen-bond donors (Lipinski definition) is 2. The molecule has 1 aliphatic rings. The van der Waals surface area contributed by atoms with Crippen LogP contribution in [0.2, 0.25) is 0 Å². The molecule has 6 nitrogen and oxygen atoms in total. The van der Waals surface area contributed by atoms with Gasteiger partial charge in [-0.1, -0.05) is 36.4 Å². The fourth-order valence-corrected chi connectivity index (χ4v) is 3.56. The molecule has 1 aliphatic heterocycles. The molecule has 3 rings (SSSR count). The highest BCUT2D eigenvalue weighted by atomic mass is 127. The van der Waals surface area contributed by atoms with E-state index in [9.17, 15) is 13.2 Å². The van der Waals surface area contributed by atoms with Gasteiger partial charge in [0.1, 0.15) is 0 Å². The van der Waals surface area contributed by atoms with E-state index in [0.717, 1.165) is 25.2 Å². The van der Waals surface area contributed by atoms with Crippen molar-refractivity contribution in [2.75, 3.05) is 18.4 Å². The summed E-state index contributed by atoms with van der Waals surface area (Å²) in [4.78, 5) is 6.58. The number of para-hydroxylation sites is 2. The van der Waals surface area contributed by atoms with Crippen LogP contribution in [0.15, 0.2) is 53.5 Å². The lowest BCUT2D eigenvalue weighted by Gasteiger charge is -2.35. The Balaban J connectivity index is 0.00000363. The summed E-state index contributed by atoms with van der Waals surface area (Å²) < 4.78 is 47.3. The number of halogens is 4. The van der Waals surface area contributed by atoms with Crippen molar-refractivity contribution in [3.8, 4) is 5.75 Å². The molecule has 2 aromatic carbocycles. The van der Waals surface area contributed by atoms with Gasteiger partial charge < -0.3 is 20.5 Å². The lowest BCUT2D eigenvalue weighted by atomic mass is 10.1. The van der Waals surface area contributed by atoms with Gasteiger partial charge in [-0.05, 0) is 37.1 Å². The second-order valence-corrected chi connectivity index (χ2v) is 7.64. The molecule has 3 N–H and O–H groups in total. The average Bonchev–Trinajstić information content (AvgIpc) is 2.67. The summed E-state index contributed by atoms with van der Waals surface area (Å²) >= 11 is 0. The van der Waals surface area contributed by atoms with E-state index in [0.29, 0.717) is 6.54 Å². The summed E-state index contributed by atoms with van der Waals surface area (Å²) in [5, 5.41) is 2.66. The van der Waals surface area contributed by atoms with Crippen LogP contribution in [0.4, 0.5) is 18.9 Å². The quantitative estimate of drug-likeness (QED) is 0.302. The second kappa shape index (κ2) is 11.7. The standard InChI is InChI=1S/C22H27F3N4O2.HI/c1-15-12-29(13-16(2)30-15)14-18-9-7-17(8-10-18)11-27-21(26)28-19-5-3-4-6-20(19)31-22(23,24)25;/h3-10,15-16H,11-14H2,1-2H3,(H3,26,27,28);1H. The molecule has 176 valence electrons. The van der Waals surface area contributed by atoms with Crippen LogP contribution in [-0.2, 0) is 17.8 Å². The van der Waals surface area contributed by atoms with Crippen molar-refractivity contribution in [3.63, 3.8) is 0 Å². The van der Waals surface area contributed by atoms with E-state index in [1.165, 1.54) is 23.8 Å². The molecular formula is C22H28F3IN4O2. The number of ether oxygens (including phenoxy) is 2. The molecule has 10 heteroatoms. The molecule has 0 bridgehead atoms. The molecule has 2 atom stereocenters. The molecule has 1 fully saturated rings. The molecule has 1 saturated heterocycles. The highest BCUT2D eigenvalue weighted by Crippen LogP contribution is 2.29. The second-order valence-electron chi connectivity index (χ2n) is 7.64. The van der Waals surface area contributed by atoms with Gasteiger partial charge in [0, 0.05) is 19.6 Å². The molecule has 0 spiro atoms. The van der Waals surface area contributed by atoms with Crippen LogP contribution < -0.4 is 15.8 Å². The zero-order valence-electron chi connectivity index (χ0n) is 17.9. The highest BCUT2D eigenvalue weighted by Gasteiger charge is 2.32. The minimum absolute atomic E-state index is 0. The number of anilines is 1. The average molecular weight is 564 g/mol. The van der Waals surface area contributed by atoms with Crippen molar-refractivity contribution >= 4 is 35.6 Å².